The van der Waals surface area contributed by atoms with Gasteiger partial charge in [-0.05, 0) is 30.5 Å². The highest BCUT2D eigenvalue weighted by molar-refractivity contribution is 6.30. The summed E-state index contributed by atoms with van der Waals surface area (Å²) in [4.78, 5) is 4.58. The van der Waals surface area contributed by atoms with E-state index >= 15 is 0 Å². The number of aryl methyl sites for hydroxylation is 2. The Labute approximate surface area is 105 Å². The third kappa shape index (κ3) is 2.34. The van der Waals surface area contributed by atoms with Crippen molar-refractivity contribution in [3.8, 4) is 0 Å². The fraction of sp³-hybridized carbons (Fsp3) is 0.385. The van der Waals surface area contributed by atoms with Gasteiger partial charge in [0.05, 0.1) is 0 Å². The minimum atomic E-state index is 0.764. The van der Waals surface area contributed by atoms with E-state index in [0.717, 1.165) is 36.1 Å². The molecular formula is C13H14ClN3. The predicted molar refractivity (Wildman–Crippen MR) is 67.2 cm³/mol. The van der Waals surface area contributed by atoms with Gasteiger partial charge in [0.25, 0.3) is 0 Å². The van der Waals surface area contributed by atoms with Gasteiger partial charge in [-0.3, -0.25) is 0 Å². The SMILES string of the molecule is Clc1cccc(Cc2nc3n(n2)CCCC3)c1. The first kappa shape index (κ1) is 10.8. The molecule has 0 unspecified atom stereocenters. The van der Waals surface area contributed by atoms with Crippen molar-refractivity contribution >= 4 is 11.6 Å². The van der Waals surface area contributed by atoms with E-state index in [2.05, 4.69) is 16.1 Å². The molecule has 0 N–H and O–H groups in total. The van der Waals surface area contributed by atoms with E-state index in [9.17, 15) is 0 Å². The van der Waals surface area contributed by atoms with Gasteiger partial charge in [0, 0.05) is 24.4 Å². The summed E-state index contributed by atoms with van der Waals surface area (Å²) in [5, 5.41) is 5.31. The van der Waals surface area contributed by atoms with Crippen LogP contribution in [0.1, 0.15) is 30.1 Å². The molecule has 0 atom stereocenters. The smallest absolute Gasteiger partial charge is 0.155 e. The van der Waals surface area contributed by atoms with Crippen LogP contribution in [-0.2, 0) is 19.4 Å². The van der Waals surface area contributed by atoms with E-state index in [0.29, 0.717) is 0 Å². The fourth-order valence-corrected chi connectivity index (χ4v) is 2.45. The second kappa shape index (κ2) is 4.49. The molecule has 1 aromatic heterocycles. The summed E-state index contributed by atoms with van der Waals surface area (Å²) >= 11 is 5.97. The van der Waals surface area contributed by atoms with Crippen LogP contribution >= 0.6 is 11.6 Å². The lowest BCUT2D eigenvalue weighted by Gasteiger charge is -2.09. The van der Waals surface area contributed by atoms with E-state index < -0.39 is 0 Å². The Balaban J connectivity index is 1.83. The highest BCUT2D eigenvalue weighted by atomic mass is 35.5. The molecule has 4 heteroatoms. The van der Waals surface area contributed by atoms with Gasteiger partial charge in [-0.2, -0.15) is 5.10 Å². The van der Waals surface area contributed by atoms with Gasteiger partial charge in [0.1, 0.15) is 5.82 Å². The van der Waals surface area contributed by atoms with Crippen molar-refractivity contribution in [1.82, 2.24) is 14.8 Å². The van der Waals surface area contributed by atoms with Crippen LogP contribution in [0.3, 0.4) is 0 Å². The molecule has 17 heavy (non-hydrogen) atoms. The van der Waals surface area contributed by atoms with Gasteiger partial charge in [-0.1, -0.05) is 23.7 Å². The van der Waals surface area contributed by atoms with E-state index in [-0.39, 0.29) is 0 Å². The van der Waals surface area contributed by atoms with Crippen LogP contribution in [0, 0.1) is 0 Å². The second-order valence-corrected chi connectivity index (χ2v) is 4.87. The number of aromatic nitrogens is 3. The van der Waals surface area contributed by atoms with E-state index in [1.54, 1.807) is 0 Å². The Bertz CT molecular complexity index is 510. The zero-order chi connectivity index (χ0) is 11.7. The molecule has 2 aromatic rings. The summed E-state index contributed by atoms with van der Waals surface area (Å²) < 4.78 is 2.05. The van der Waals surface area contributed by atoms with Crippen molar-refractivity contribution in [3.05, 3.63) is 46.5 Å². The van der Waals surface area contributed by atoms with E-state index in [4.69, 9.17) is 11.6 Å². The number of nitrogens with zero attached hydrogens (tertiary/aromatic N) is 3. The number of benzene rings is 1. The summed E-state index contributed by atoms with van der Waals surface area (Å²) in [7, 11) is 0. The molecule has 0 saturated heterocycles. The Kier molecular flexibility index (Phi) is 2.85. The fourth-order valence-electron chi connectivity index (χ4n) is 2.24. The van der Waals surface area contributed by atoms with Gasteiger partial charge in [-0.25, -0.2) is 9.67 Å². The Morgan fingerprint density at radius 3 is 3.06 bits per heavy atom. The van der Waals surface area contributed by atoms with E-state index in [1.807, 2.05) is 22.9 Å². The zero-order valence-corrected chi connectivity index (χ0v) is 10.3. The van der Waals surface area contributed by atoms with Crippen LogP contribution in [0.5, 0.6) is 0 Å². The molecule has 0 spiro atoms. The molecule has 3 nitrogen and oxygen atoms in total. The lowest BCUT2D eigenvalue weighted by molar-refractivity contribution is 0.478. The number of halogens is 1. The van der Waals surface area contributed by atoms with Crippen LogP contribution in [-0.4, -0.2) is 14.8 Å². The minimum absolute atomic E-state index is 0.764. The first-order valence-electron chi connectivity index (χ1n) is 5.98. The number of fused-ring (bicyclic) bond motifs is 1. The molecule has 1 aromatic carbocycles. The van der Waals surface area contributed by atoms with Crippen LogP contribution in [0.2, 0.25) is 5.02 Å². The lowest BCUT2D eigenvalue weighted by Crippen LogP contribution is -2.11. The summed E-state index contributed by atoms with van der Waals surface area (Å²) in [5.74, 6) is 2.04. The normalized spacial score (nSPS) is 14.6. The quantitative estimate of drug-likeness (QED) is 0.817. The Morgan fingerprint density at radius 1 is 1.29 bits per heavy atom. The molecule has 2 heterocycles. The number of hydrogen-bond acceptors (Lipinski definition) is 2. The topological polar surface area (TPSA) is 30.7 Å². The summed E-state index contributed by atoms with van der Waals surface area (Å²) in [6, 6.07) is 7.89. The monoisotopic (exact) mass is 247 g/mol. The van der Waals surface area contributed by atoms with Crippen molar-refractivity contribution in [2.75, 3.05) is 0 Å². The molecule has 1 aliphatic heterocycles. The van der Waals surface area contributed by atoms with Crippen molar-refractivity contribution < 1.29 is 0 Å². The molecule has 0 fully saturated rings. The van der Waals surface area contributed by atoms with Gasteiger partial charge in [-0.15, -0.1) is 0 Å². The molecule has 1 aliphatic rings. The Hall–Kier alpha value is -1.35. The first-order chi connectivity index (χ1) is 8.31. The standard InChI is InChI=1S/C13H14ClN3/c14-11-5-3-4-10(8-11)9-12-15-13-6-1-2-7-17(13)16-12/h3-5,8H,1-2,6-7,9H2. The second-order valence-electron chi connectivity index (χ2n) is 4.43. The van der Waals surface area contributed by atoms with Crippen LogP contribution in [0.15, 0.2) is 24.3 Å². The van der Waals surface area contributed by atoms with E-state index in [1.165, 1.54) is 18.4 Å². The molecule has 88 valence electrons. The van der Waals surface area contributed by atoms with Crippen molar-refractivity contribution in [3.63, 3.8) is 0 Å². The largest absolute Gasteiger partial charge is 0.250 e. The highest BCUT2D eigenvalue weighted by Gasteiger charge is 2.13. The summed E-state index contributed by atoms with van der Waals surface area (Å²) in [6.45, 7) is 1.01. The van der Waals surface area contributed by atoms with Crippen LogP contribution in [0.4, 0.5) is 0 Å². The molecular weight excluding hydrogens is 234 g/mol. The molecule has 0 radical (unpaired) electrons. The predicted octanol–water partition coefficient (Wildman–Crippen LogP) is 2.86. The molecule has 0 saturated carbocycles. The lowest BCUT2D eigenvalue weighted by atomic mass is 10.1. The van der Waals surface area contributed by atoms with Crippen LogP contribution < -0.4 is 0 Å². The maximum absolute atomic E-state index is 5.97. The average Bonchev–Trinajstić information content (AvgIpc) is 2.71. The van der Waals surface area contributed by atoms with Gasteiger partial charge >= 0.3 is 0 Å². The average molecular weight is 248 g/mol. The molecule has 3 rings (SSSR count). The third-order valence-electron chi connectivity index (χ3n) is 3.06. The molecule has 0 bridgehead atoms. The van der Waals surface area contributed by atoms with Crippen molar-refractivity contribution in [2.24, 2.45) is 0 Å². The van der Waals surface area contributed by atoms with Gasteiger partial charge in [0.15, 0.2) is 5.82 Å². The van der Waals surface area contributed by atoms with Crippen molar-refractivity contribution in [1.29, 1.82) is 0 Å². The van der Waals surface area contributed by atoms with Crippen molar-refractivity contribution in [2.45, 2.75) is 32.2 Å². The number of hydrogen-bond donors (Lipinski definition) is 0. The highest BCUT2D eigenvalue weighted by Crippen LogP contribution is 2.16. The maximum atomic E-state index is 5.97. The maximum Gasteiger partial charge on any atom is 0.155 e. The van der Waals surface area contributed by atoms with Gasteiger partial charge in [0.2, 0.25) is 0 Å². The Morgan fingerprint density at radius 2 is 2.24 bits per heavy atom. The molecule has 0 amide bonds. The minimum Gasteiger partial charge on any atom is -0.250 e. The number of rotatable bonds is 2. The zero-order valence-electron chi connectivity index (χ0n) is 9.56. The summed E-state index contributed by atoms with van der Waals surface area (Å²) in [5.41, 5.74) is 1.17. The first-order valence-corrected chi connectivity index (χ1v) is 6.36. The van der Waals surface area contributed by atoms with Gasteiger partial charge < -0.3 is 0 Å². The molecule has 0 aliphatic carbocycles. The third-order valence-corrected chi connectivity index (χ3v) is 3.30. The summed E-state index contributed by atoms with van der Waals surface area (Å²) in [6.07, 6.45) is 4.27. The van der Waals surface area contributed by atoms with Crippen LogP contribution in [0.25, 0.3) is 0 Å².